The molecular weight excluding hydrogens is 244 g/mol. The molecule has 0 aliphatic heterocycles. The van der Waals surface area contributed by atoms with E-state index >= 15 is 0 Å². The molecule has 0 fully saturated rings. The van der Waals surface area contributed by atoms with Gasteiger partial charge in [0.25, 0.3) is 0 Å². The number of carbonyl (C=O) groups excluding carboxylic acids is 1. The number of hydrogen-bond acceptors (Lipinski definition) is 3. The van der Waals surface area contributed by atoms with E-state index in [1.807, 2.05) is 36.4 Å². The summed E-state index contributed by atoms with van der Waals surface area (Å²) in [5.74, 6) is -1.37. The molecule has 1 N–H and O–H groups in total. The molecule has 4 heteroatoms. The summed E-state index contributed by atoms with van der Waals surface area (Å²) < 4.78 is 5.29. The topological polar surface area (TPSA) is 63.6 Å². The second-order valence-electron chi connectivity index (χ2n) is 4.20. The molecule has 0 bridgehead atoms. The molecule has 0 aliphatic rings. The van der Waals surface area contributed by atoms with Crippen molar-refractivity contribution in [2.24, 2.45) is 0 Å². The van der Waals surface area contributed by atoms with Crippen LogP contribution in [0.5, 0.6) is 5.75 Å². The molecule has 2 aromatic rings. The lowest BCUT2D eigenvalue weighted by Gasteiger charge is -2.09. The molecular formula is C15H14O4. The number of methoxy groups -OCH3 is 1. The van der Waals surface area contributed by atoms with Crippen LogP contribution in [-0.4, -0.2) is 24.0 Å². The SMILES string of the molecule is COc1ccc(CCC(=O)C(=O)O)c2ccccc12. The number of aliphatic carboxylic acids is 1. The highest BCUT2D eigenvalue weighted by molar-refractivity contribution is 6.32. The first-order valence-corrected chi connectivity index (χ1v) is 5.94. The van der Waals surface area contributed by atoms with Crippen molar-refractivity contribution in [1.29, 1.82) is 0 Å². The molecule has 0 saturated heterocycles. The van der Waals surface area contributed by atoms with E-state index in [2.05, 4.69) is 0 Å². The Morgan fingerprint density at radius 2 is 1.79 bits per heavy atom. The van der Waals surface area contributed by atoms with E-state index in [1.54, 1.807) is 7.11 Å². The molecule has 2 aromatic carbocycles. The third-order valence-corrected chi connectivity index (χ3v) is 3.05. The Kier molecular flexibility index (Phi) is 3.80. The molecule has 19 heavy (non-hydrogen) atoms. The van der Waals surface area contributed by atoms with Gasteiger partial charge in [-0.1, -0.05) is 30.3 Å². The molecule has 0 aromatic heterocycles. The molecule has 4 nitrogen and oxygen atoms in total. The zero-order valence-corrected chi connectivity index (χ0v) is 10.6. The minimum Gasteiger partial charge on any atom is -0.496 e. The average molecular weight is 258 g/mol. The lowest BCUT2D eigenvalue weighted by Crippen LogP contribution is -2.13. The van der Waals surface area contributed by atoms with Gasteiger partial charge in [-0.25, -0.2) is 4.79 Å². The summed E-state index contributed by atoms with van der Waals surface area (Å²) in [6.07, 6.45) is 0.418. The van der Waals surface area contributed by atoms with Crippen molar-refractivity contribution in [2.45, 2.75) is 12.8 Å². The lowest BCUT2D eigenvalue weighted by atomic mass is 9.99. The van der Waals surface area contributed by atoms with Gasteiger partial charge in [-0.3, -0.25) is 4.79 Å². The lowest BCUT2D eigenvalue weighted by molar-refractivity contribution is -0.149. The predicted molar refractivity (Wildman–Crippen MR) is 71.5 cm³/mol. The number of fused-ring (bicyclic) bond motifs is 1. The molecule has 2 rings (SSSR count). The van der Waals surface area contributed by atoms with Crippen molar-refractivity contribution < 1.29 is 19.4 Å². The minimum atomic E-state index is -1.38. The fourth-order valence-corrected chi connectivity index (χ4v) is 2.08. The number of rotatable bonds is 5. The van der Waals surface area contributed by atoms with Crippen LogP contribution in [0, 0.1) is 0 Å². The fourth-order valence-electron chi connectivity index (χ4n) is 2.08. The van der Waals surface area contributed by atoms with Crippen LogP contribution in [0.3, 0.4) is 0 Å². The van der Waals surface area contributed by atoms with Crippen LogP contribution in [0.15, 0.2) is 36.4 Å². The van der Waals surface area contributed by atoms with Crippen LogP contribution < -0.4 is 4.74 Å². The Hall–Kier alpha value is -2.36. The number of Topliss-reactive ketones (excluding diaryl/α,β-unsaturated/α-hetero) is 1. The van der Waals surface area contributed by atoms with E-state index in [0.717, 1.165) is 22.1 Å². The number of carbonyl (C=O) groups is 2. The van der Waals surface area contributed by atoms with Gasteiger partial charge in [0.15, 0.2) is 0 Å². The quantitative estimate of drug-likeness (QED) is 0.836. The van der Waals surface area contributed by atoms with Crippen molar-refractivity contribution in [1.82, 2.24) is 0 Å². The van der Waals surface area contributed by atoms with E-state index < -0.39 is 11.8 Å². The molecule has 0 saturated carbocycles. The van der Waals surface area contributed by atoms with Gasteiger partial charge in [0.1, 0.15) is 5.75 Å². The zero-order valence-electron chi connectivity index (χ0n) is 10.6. The minimum absolute atomic E-state index is 0.00561. The first-order valence-electron chi connectivity index (χ1n) is 5.94. The van der Waals surface area contributed by atoms with Crippen LogP contribution in [0.25, 0.3) is 10.8 Å². The summed E-state index contributed by atoms with van der Waals surface area (Å²) >= 11 is 0. The summed E-state index contributed by atoms with van der Waals surface area (Å²) in [6, 6.07) is 11.4. The summed E-state index contributed by atoms with van der Waals surface area (Å²) in [6.45, 7) is 0. The number of carboxylic acid groups (broad SMARTS) is 1. The highest BCUT2D eigenvalue weighted by atomic mass is 16.5. The maximum absolute atomic E-state index is 11.2. The van der Waals surface area contributed by atoms with Gasteiger partial charge in [0.05, 0.1) is 7.11 Å². The number of ether oxygens (including phenoxy) is 1. The maximum Gasteiger partial charge on any atom is 0.372 e. The summed E-state index contributed by atoms with van der Waals surface area (Å²) in [4.78, 5) is 21.7. The van der Waals surface area contributed by atoms with Gasteiger partial charge < -0.3 is 9.84 Å². The summed E-state index contributed by atoms with van der Waals surface area (Å²) in [5.41, 5.74) is 0.950. The normalized spacial score (nSPS) is 10.4. The zero-order chi connectivity index (χ0) is 13.8. The number of benzene rings is 2. The predicted octanol–water partition coefficient (Wildman–Crippen LogP) is 2.43. The first-order chi connectivity index (χ1) is 9.13. The smallest absolute Gasteiger partial charge is 0.372 e. The van der Waals surface area contributed by atoms with Crippen molar-refractivity contribution in [3.63, 3.8) is 0 Å². The van der Waals surface area contributed by atoms with Crippen LogP contribution in [-0.2, 0) is 16.0 Å². The van der Waals surface area contributed by atoms with E-state index in [4.69, 9.17) is 9.84 Å². The molecule has 0 atom stereocenters. The van der Waals surface area contributed by atoms with E-state index in [0.29, 0.717) is 6.42 Å². The van der Waals surface area contributed by atoms with Crippen LogP contribution in [0.2, 0.25) is 0 Å². The Balaban J connectivity index is 2.34. The average Bonchev–Trinajstić information content (AvgIpc) is 2.44. The van der Waals surface area contributed by atoms with Crippen molar-refractivity contribution >= 4 is 22.5 Å². The van der Waals surface area contributed by atoms with Crippen LogP contribution in [0.4, 0.5) is 0 Å². The number of carboxylic acids is 1. The Morgan fingerprint density at radius 1 is 1.11 bits per heavy atom. The Morgan fingerprint density at radius 3 is 2.42 bits per heavy atom. The summed E-state index contributed by atoms with van der Waals surface area (Å²) in [5, 5.41) is 10.5. The van der Waals surface area contributed by atoms with Gasteiger partial charge in [0, 0.05) is 11.8 Å². The third-order valence-electron chi connectivity index (χ3n) is 3.05. The van der Waals surface area contributed by atoms with Gasteiger partial charge >= 0.3 is 5.97 Å². The van der Waals surface area contributed by atoms with Crippen LogP contribution in [0.1, 0.15) is 12.0 Å². The second kappa shape index (κ2) is 5.52. The van der Waals surface area contributed by atoms with Crippen molar-refractivity contribution in [2.75, 3.05) is 7.11 Å². The molecule has 0 amide bonds. The third kappa shape index (κ3) is 2.73. The fraction of sp³-hybridized carbons (Fsp3) is 0.200. The monoisotopic (exact) mass is 258 g/mol. The Labute approximate surface area is 110 Å². The van der Waals surface area contributed by atoms with Crippen LogP contribution >= 0.6 is 0 Å². The highest BCUT2D eigenvalue weighted by Crippen LogP contribution is 2.28. The summed E-state index contributed by atoms with van der Waals surface area (Å²) in [7, 11) is 1.61. The number of hydrogen-bond donors (Lipinski definition) is 1. The van der Waals surface area contributed by atoms with E-state index in [1.165, 1.54) is 0 Å². The number of aryl methyl sites for hydroxylation is 1. The molecule has 0 aliphatic carbocycles. The first kappa shape index (κ1) is 13.1. The molecule has 0 unspecified atom stereocenters. The second-order valence-corrected chi connectivity index (χ2v) is 4.20. The van der Waals surface area contributed by atoms with Crippen molar-refractivity contribution in [3.05, 3.63) is 42.0 Å². The van der Waals surface area contributed by atoms with Gasteiger partial charge in [-0.15, -0.1) is 0 Å². The van der Waals surface area contributed by atoms with Gasteiger partial charge in [-0.05, 0) is 23.4 Å². The van der Waals surface area contributed by atoms with Crippen molar-refractivity contribution in [3.8, 4) is 5.75 Å². The standard InChI is InChI=1S/C15H14O4/c1-19-14-9-7-10(6-8-13(16)15(17)18)11-4-2-3-5-12(11)14/h2-5,7,9H,6,8H2,1H3,(H,17,18). The largest absolute Gasteiger partial charge is 0.496 e. The molecule has 98 valence electrons. The number of ketones is 1. The van der Waals surface area contributed by atoms with Gasteiger partial charge in [0.2, 0.25) is 5.78 Å². The van der Waals surface area contributed by atoms with Gasteiger partial charge in [-0.2, -0.15) is 0 Å². The molecule has 0 spiro atoms. The maximum atomic E-state index is 11.2. The molecule has 0 radical (unpaired) electrons. The highest BCUT2D eigenvalue weighted by Gasteiger charge is 2.12. The molecule has 0 heterocycles. The Bertz CT molecular complexity index is 631. The van der Waals surface area contributed by atoms with E-state index in [-0.39, 0.29) is 6.42 Å². The van der Waals surface area contributed by atoms with E-state index in [9.17, 15) is 9.59 Å².